The maximum atomic E-state index is 13.0. The number of carbonyl (C=O) groups excluding carboxylic acids is 3. The van der Waals surface area contributed by atoms with Crippen molar-refractivity contribution in [1.82, 2.24) is 5.32 Å². The van der Waals surface area contributed by atoms with E-state index in [-0.39, 0.29) is 12.3 Å². The van der Waals surface area contributed by atoms with Gasteiger partial charge < -0.3 is 14.8 Å². The Kier molecular flexibility index (Phi) is 36.0. The number of esters is 2. The molecule has 6 heteroatoms. The minimum atomic E-state index is -0.983. The Morgan fingerprint density at radius 1 is 0.460 bits per heavy atom. The van der Waals surface area contributed by atoms with E-state index in [4.69, 9.17) is 9.47 Å². The summed E-state index contributed by atoms with van der Waals surface area (Å²) < 4.78 is 11.0. The van der Waals surface area contributed by atoms with Crippen LogP contribution in [0.3, 0.4) is 0 Å². The summed E-state index contributed by atoms with van der Waals surface area (Å²) in [5, 5.41) is 2.81. The second kappa shape index (κ2) is 37.2. The van der Waals surface area contributed by atoms with Gasteiger partial charge in [-0.3, -0.25) is 9.59 Å². The molecule has 0 aromatic rings. The molecular formula is C44H85NO5. The van der Waals surface area contributed by atoms with Gasteiger partial charge in [0.15, 0.2) is 0 Å². The van der Waals surface area contributed by atoms with Gasteiger partial charge in [0.25, 0.3) is 0 Å². The van der Waals surface area contributed by atoms with Crippen molar-refractivity contribution < 1.29 is 23.9 Å². The Morgan fingerprint density at radius 3 is 1.24 bits per heavy atom. The van der Waals surface area contributed by atoms with Gasteiger partial charge in [-0.05, 0) is 31.1 Å². The molecule has 1 amide bonds. The minimum absolute atomic E-state index is 0.171. The highest BCUT2D eigenvalue weighted by molar-refractivity contribution is 5.88. The standard InChI is InChI=1S/C44H85NO5/c1-6-7-8-9-10-11-12-13-14-15-20-25-30-35-42(46)45-41(44(48)50-37-32-27-22-17-19-24-29-34-40(4)5)38-43(47)49-36-31-26-21-16-18-23-28-33-39(2)3/h39-41H,6-38H2,1-5H3,(H,45,46)/t41-/m0/s1. The molecule has 0 heterocycles. The zero-order valence-electron chi connectivity index (χ0n) is 34.1. The molecular weight excluding hydrogens is 622 g/mol. The fourth-order valence-corrected chi connectivity index (χ4v) is 6.53. The molecule has 0 radical (unpaired) electrons. The van der Waals surface area contributed by atoms with Crippen LogP contribution in [-0.4, -0.2) is 37.1 Å². The molecule has 0 rings (SSSR count). The lowest BCUT2D eigenvalue weighted by molar-refractivity contribution is -0.154. The van der Waals surface area contributed by atoms with Gasteiger partial charge in [-0.1, -0.05) is 202 Å². The average molecular weight is 708 g/mol. The molecule has 0 saturated carbocycles. The summed E-state index contributed by atoms with van der Waals surface area (Å²) in [7, 11) is 0. The summed E-state index contributed by atoms with van der Waals surface area (Å²) in [6.45, 7) is 12.1. The third-order valence-corrected chi connectivity index (χ3v) is 9.86. The second-order valence-electron chi connectivity index (χ2n) is 16.0. The average Bonchev–Trinajstić information content (AvgIpc) is 3.07. The molecule has 0 aromatic heterocycles. The van der Waals surface area contributed by atoms with Crippen molar-refractivity contribution in [2.24, 2.45) is 11.8 Å². The lowest BCUT2D eigenvalue weighted by atomic mass is 10.0. The Labute approximate surface area is 311 Å². The smallest absolute Gasteiger partial charge is 0.329 e. The third kappa shape index (κ3) is 36.2. The number of hydrogen-bond acceptors (Lipinski definition) is 5. The summed E-state index contributed by atoms with van der Waals surface area (Å²) in [6.07, 6.45) is 35.2. The van der Waals surface area contributed by atoms with Crippen molar-refractivity contribution in [3.05, 3.63) is 0 Å². The fraction of sp³-hybridized carbons (Fsp3) is 0.932. The largest absolute Gasteiger partial charge is 0.466 e. The molecule has 0 saturated heterocycles. The van der Waals surface area contributed by atoms with Gasteiger partial charge in [0.2, 0.25) is 5.91 Å². The monoisotopic (exact) mass is 708 g/mol. The van der Waals surface area contributed by atoms with Crippen molar-refractivity contribution in [3.8, 4) is 0 Å². The molecule has 50 heavy (non-hydrogen) atoms. The molecule has 0 spiro atoms. The van der Waals surface area contributed by atoms with Crippen LogP contribution in [0.2, 0.25) is 0 Å². The van der Waals surface area contributed by atoms with Crippen LogP contribution >= 0.6 is 0 Å². The zero-order valence-corrected chi connectivity index (χ0v) is 34.1. The normalized spacial score (nSPS) is 12.1. The predicted molar refractivity (Wildman–Crippen MR) is 212 cm³/mol. The van der Waals surface area contributed by atoms with E-state index in [0.29, 0.717) is 19.6 Å². The van der Waals surface area contributed by atoms with Crippen LogP contribution in [0.1, 0.15) is 234 Å². The SMILES string of the molecule is CCCCCCCCCCCCCCCC(=O)N[C@@H](CC(=O)OCCCCCCCCCC(C)C)C(=O)OCCCCCCCCCC(C)C. The molecule has 1 N–H and O–H groups in total. The third-order valence-electron chi connectivity index (χ3n) is 9.86. The Hall–Kier alpha value is -1.59. The highest BCUT2D eigenvalue weighted by Gasteiger charge is 2.26. The molecule has 0 fully saturated rings. The van der Waals surface area contributed by atoms with E-state index < -0.39 is 18.0 Å². The van der Waals surface area contributed by atoms with Crippen molar-refractivity contribution in [2.45, 2.75) is 240 Å². The van der Waals surface area contributed by atoms with Crippen LogP contribution in [0.15, 0.2) is 0 Å². The molecule has 0 aliphatic rings. The molecule has 6 nitrogen and oxygen atoms in total. The van der Waals surface area contributed by atoms with Gasteiger partial charge in [-0.2, -0.15) is 0 Å². The van der Waals surface area contributed by atoms with Crippen molar-refractivity contribution in [3.63, 3.8) is 0 Å². The Bertz CT molecular complexity index is 768. The molecule has 0 unspecified atom stereocenters. The second-order valence-corrected chi connectivity index (χ2v) is 16.0. The topological polar surface area (TPSA) is 81.7 Å². The first-order valence-electron chi connectivity index (χ1n) is 21.9. The van der Waals surface area contributed by atoms with E-state index in [1.165, 1.54) is 128 Å². The molecule has 0 aliphatic heterocycles. The lowest BCUT2D eigenvalue weighted by Gasteiger charge is -2.17. The Morgan fingerprint density at radius 2 is 0.820 bits per heavy atom. The summed E-state index contributed by atoms with van der Waals surface area (Å²) in [4.78, 5) is 38.4. The van der Waals surface area contributed by atoms with Crippen LogP contribution in [0.4, 0.5) is 0 Å². The highest BCUT2D eigenvalue weighted by Crippen LogP contribution is 2.15. The van der Waals surface area contributed by atoms with E-state index in [9.17, 15) is 14.4 Å². The van der Waals surface area contributed by atoms with Gasteiger partial charge in [-0.25, -0.2) is 4.79 Å². The molecule has 0 bridgehead atoms. The number of rotatable bonds is 38. The number of ether oxygens (including phenoxy) is 2. The van der Waals surface area contributed by atoms with Crippen LogP contribution in [0.25, 0.3) is 0 Å². The zero-order chi connectivity index (χ0) is 36.9. The molecule has 296 valence electrons. The highest BCUT2D eigenvalue weighted by atomic mass is 16.5. The number of amides is 1. The van der Waals surface area contributed by atoms with E-state index in [1.807, 2.05) is 0 Å². The number of unbranched alkanes of at least 4 members (excludes halogenated alkanes) is 24. The Balaban J connectivity index is 4.37. The molecule has 1 atom stereocenters. The van der Waals surface area contributed by atoms with E-state index >= 15 is 0 Å². The van der Waals surface area contributed by atoms with Gasteiger partial charge in [0, 0.05) is 6.42 Å². The lowest BCUT2D eigenvalue weighted by Crippen LogP contribution is -2.43. The number of nitrogens with one attached hydrogen (secondary N) is 1. The first kappa shape index (κ1) is 48.4. The van der Waals surface area contributed by atoms with E-state index in [2.05, 4.69) is 39.9 Å². The molecule has 0 aromatic carbocycles. The number of hydrogen-bond donors (Lipinski definition) is 1. The van der Waals surface area contributed by atoms with Gasteiger partial charge in [-0.15, -0.1) is 0 Å². The van der Waals surface area contributed by atoms with E-state index in [1.54, 1.807) is 0 Å². The first-order valence-corrected chi connectivity index (χ1v) is 21.9. The fourth-order valence-electron chi connectivity index (χ4n) is 6.53. The van der Waals surface area contributed by atoms with Gasteiger partial charge >= 0.3 is 11.9 Å². The van der Waals surface area contributed by atoms with Crippen molar-refractivity contribution in [1.29, 1.82) is 0 Å². The first-order chi connectivity index (χ1) is 24.3. The summed E-state index contributed by atoms with van der Waals surface area (Å²) in [5.74, 6) is 0.413. The summed E-state index contributed by atoms with van der Waals surface area (Å²) in [5.41, 5.74) is 0. The van der Waals surface area contributed by atoms with Crippen LogP contribution in [-0.2, 0) is 23.9 Å². The molecule has 0 aliphatic carbocycles. The predicted octanol–water partition coefficient (Wildman–Crippen LogP) is 13.0. The summed E-state index contributed by atoms with van der Waals surface area (Å²) >= 11 is 0. The van der Waals surface area contributed by atoms with Gasteiger partial charge in [0.05, 0.1) is 19.6 Å². The quantitative estimate of drug-likeness (QED) is 0.0510. The van der Waals surface area contributed by atoms with Crippen molar-refractivity contribution >= 4 is 17.8 Å². The number of carbonyl (C=O) groups is 3. The van der Waals surface area contributed by atoms with Gasteiger partial charge in [0.1, 0.15) is 6.04 Å². The summed E-state index contributed by atoms with van der Waals surface area (Å²) in [6, 6.07) is -0.983. The van der Waals surface area contributed by atoms with E-state index in [0.717, 1.165) is 69.6 Å². The van der Waals surface area contributed by atoms with Crippen molar-refractivity contribution in [2.75, 3.05) is 13.2 Å². The van der Waals surface area contributed by atoms with Crippen LogP contribution in [0, 0.1) is 11.8 Å². The van der Waals surface area contributed by atoms with Crippen LogP contribution < -0.4 is 5.32 Å². The maximum Gasteiger partial charge on any atom is 0.329 e. The minimum Gasteiger partial charge on any atom is -0.466 e. The van der Waals surface area contributed by atoms with Crippen LogP contribution in [0.5, 0.6) is 0 Å². The maximum absolute atomic E-state index is 13.0.